The van der Waals surface area contributed by atoms with Gasteiger partial charge in [0.1, 0.15) is 17.7 Å². The van der Waals surface area contributed by atoms with Crippen molar-refractivity contribution in [1.82, 2.24) is 0 Å². The van der Waals surface area contributed by atoms with Gasteiger partial charge < -0.3 is 10.1 Å². The normalized spacial score (nSPS) is 17.3. The highest BCUT2D eigenvalue weighted by molar-refractivity contribution is 6.31. The van der Waals surface area contributed by atoms with Crippen molar-refractivity contribution in [1.29, 1.82) is 0 Å². The third-order valence-electron chi connectivity index (χ3n) is 3.28. The number of para-hydroxylation sites is 1. The average Bonchev–Trinajstić information content (AvgIpc) is 2.38. The minimum atomic E-state index is -0.339. The Balaban J connectivity index is 1.93. The minimum Gasteiger partial charge on any atom is -0.482 e. The number of aryl methyl sites for hydroxylation is 1. The van der Waals surface area contributed by atoms with Crippen molar-refractivity contribution in [3.63, 3.8) is 0 Å². The number of fused-ring (bicyclic) bond motifs is 1. The second-order valence-electron chi connectivity index (χ2n) is 4.60. The molecule has 2 nitrogen and oxygen atoms in total. The van der Waals surface area contributed by atoms with Gasteiger partial charge in [-0.25, -0.2) is 4.39 Å². The van der Waals surface area contributed by atoms with Gasteiger partial charge in [-0.2, -0.15) is 0 Å². The second-order valence-corrected chi connectivity index (χ2v) is 5.01. The van der Waals surface area contributed by atoms with Crippen LogP contribution in [0, 0.1) is 12.7 Å². The van der Waals surface area contributed by atoms with Crippen LogP contribution in [0.4, 0.5) is 10.1 Å². The number of ether oxygens (including phenoxy) is 1. The maximum atomic E-state index is 13.1. The van der Waals surface area contributed by atoms with Crippen LogP contribution < -0.4 is 10.1 Å². The Kier molecular flexibility index (Phi) is 3.07. The van der Waals surface area contributed by atoms with Crippen molar-refractivity contribution in [2.45, 2.75) is 13.0 Å². The Morgan fingerprint density at radius 1 is 1.32 bits per heavy atom. The number of nitrogens with one attached hydrogen (secondary N) is 1. The van der Waals surface area contributed by atoms with Crippen LogP contribution in [0.5, 0.6) is 5.75 Å². The molecular weight excluding hydrogens is 265 g/mol. The molecule has 19 heavy (non-hydrogen) atoms. The van der Waals surface area contributed by atoms with Gasteiger partial charge in [0.05, 0.1) is 17.3 Å². The van der Waals surface area contributed by atoms with Gasteiger partial charge in [-0.05, 0) is 30.7 Å². The zero-order valence-electron chi connectivity index (χ0n) is 10.4. The fourth-order valence-electron chi connectivity index (χ4n) is 2.29. The summed E-state index contributed by atoms with van der Waals surface area (Å²) in [6.45, 7) is 2.64. The summed E-state index contributed by atoms with van der Waals surface area (Å²) < 4.78 is 19.0. The third kappa shape index (κ3) is 2.26. The molecule has 1 aliphatic heterocycles. The van der Waals surface area contributed by atoms with E-state index in [1.54, 1.807) is 6.07 Å². The molecule has 4 heteroatoms. The highest BCUT2D eigenvalue weighted by Gasteiger charge is 2.23. The largest absolute Gasteiger partial charge is 0.482 e. The lowest BCUT2D eigenvalue weighted by atomic mass is 10.1. The van der Waals surface area contributed by atoms with Crippen molar-refractivity contribution in [2.24, 2.45) is 0 Å². The molecule has 1 aliphatic rings. The van der Waals surface area contributed by atoms with E-state index in [2.05, 4.69) is 5.32 Å². The highest BCUT2D eigenvalue weighted by atomic mass is 35.5. The molecule has 1 atom stereocenters. The van der Waals surface area contributed by atoms with Gasteiger partial charge >= 0.3 is 0 Å². The van der Waals surface area contributed by atoms with Crippen molar-refractivity contribution in [3.05, 3.63) is 58.4 Å². The van der Waals surface area contributed by atoms with Gasteiger partial charge in [0.2, 0.25) is 0 Å². The monoisotopic (exact) mass is 277 g/mol. The summed E-state index contributed by atoms with van der Waals surface area (Å²) in [7, 11) is 0. The maximum Gasteiger partial charge on any atom is 0.143 e. The second kappa shape index (κ2) is 4.74. The Labute approximate surface area is 116 Å². The minimum absolute atomic E-state index is 0.206. The van der Waals surface area contributed by atoms with E-state index < -0.39 is 0 Å². The molecule has 0 radical (unpaired) electrons. The fourth-order valence-corrected chi connectivity index (χ4v) is 2.58. The van der Waals surface area contributed by atoms with Crippen LogP contribution >= 0.6 is 11.6 Å². The Hall–Kier alpha value is -1.74. The standard InChI is InChI=1S/C15H13ClFNO/c1-9-3-2-4-13-15(9)18-8-14(19-13)11-6-5-10(17)7-12(11)16/h2-7,14,18H,8H2,1H3. The lowest BCUT2D eigenvalue weighted by Crippen LogP contribution is -2.24. The van der Waals surface area contributed by atoms with Gasteiger partial charge in [0.25, 0.3) is 0 Å². The first-order valence-electron chi connectivity index (χ1n) is 6.10. The van der Waals surface area contributed by atoms with Crippen LogP contribution in [0.2, 0.25) is 5.02 Å². The van der Waals surface area contributed by atoms with Gasteiger partial charge in [-0.1, -0.05) is 29.8 Å². The van der Waals surface area contributed by atoms with Gasteiger partial charge in [-0.3, -0.25) is 0 Å². The topological polar surface area (TPSA) is 21.3 Å². The van der Waals surface area contributed by atoms with E-state index in [0.717, 1.165) is 22.6 Å². The van der Waals surface area contributed by atoms with Crippen molar-refractivity contribution in [3.8, 4) is 5.75 Å². The zero-order valence-corrected chi connectivity index (χ0v) is 11.2. The molecule has 1 N–H and O–H groups in total. The number of anilines is 1. The number of hydrogen-bond acceptors (Lipinski definition) is 2. The van der Waals surface area contributed by atoms with Crippen LogP contribution in [0.3, 0.4) is 0 Å². The van der Waals surface area contributed by atoms with E-state index in [1.807, 2.05) is 25.1 Å². The summed E-state index contributed by atoms with van der Waals surface area (Å²) in [5, 5.41) is 3.74. The first-order chi connectivity index (χ1) is 9.15. The van der Waals surface area contributed by atoms with E-state index in [1.165, 1.54) is 12.1 Å². The van der Waals surface area contributed by atoms with Gasteiger partial charge in [0.15, 0.2) is 0 Å². The summed E-state index contributed by atoms with van der Waals surface area (Å²) in [6.07, 6.45) is -0.206. The molecule has 0 aliphatic carbocycles. The van der Waals surface area contributed by atoms with Crippen molar-refractivity contribution in [2.75, 3.05) is 11.9 Å². The maximum absolute atomic E-state index is 13.1. The van der Waals surface area contributed by atoms with Crippen molar-refractivity contribution >= 4 is 17.3 Å². The number of halogens is 2. The number of benzene rings is 2. The summed E-state index contributed by atoms with van der Waals surface area (Å²) in [5.41, 5.74) is 2.95. The van der Waals surface area contributed by atoms with Crippen LogP contribution in [-0.2, 0) is 0 Å². The van der Waals surface area contributed by atoms with Crippen LogP contribution in [0.25, 0.3) is 0 Å². The lowest BCUT2D eigenvalue weighted by molar-refractivity contribution is 0.210. The van der Waals surface area contributed by atoms with Gasteiger partial charge in [0, 0.05) is 5.56 Å². The van der Waals surface area contributed by atoms with E-state index in [-0.39, 0.29) is 11.9 Å². The van der Waals surface area contributed by atoms with E-state index >= 15 is 0 Å². The first kappa shape index (κ1) is 12.3. The number of hydrogen-bond donors (Lipinski definition) is 1. The quantitative estimate of drug-likeness (QED) is 0.837. The summed E-state index contributed by atoms with van der Waals surface area (Å²) >= 11 is 6.07. The SMILES string of the molecule is Cc1cccc2c1NCC(c1ccc(F)cc1Cl)O2. The average molecular weight is 278 g/mol. The smallest absolute Gasteiger partial charge is 0.143 e. The molecule has 0 spiro atoms. The Morgan fingerprint density at radius 2 is 2.16 bits per heavy atom. The molecule has 1 unspecified atom stereocenters. The molecule has 98 valence electrons. The predicted octanol–water partition coefficient (Wildman–Crippen LogP) is 4.33. The third-order valence-corrected chi connectivity index (χ3v) is 3.60. The lowest BCUT2D eigenvalue weighted by Gasteiger charge is -2.29. The molecule has 0 aromatic heterocycles. The molecule has 0 amide bonds. The first-order valence-corrected chi connectivity index (χ1v) is 6.48. The van der Waals surface area contributed by atoms with E-state index in [9.17, 15) is 4.39 Å². The summed E-state index contributed by atoms with van der Waals surface area (Å²) in [5.74, 6) is 0.463. The van der Waals surface area contributed by atoms with E-state index in [0.29, 0.717) is 11.6 Å². The molecule has 1 heterocycles. The molecule has 0 saturated heterocycles. The molecule has 0 fully saturated rings. The van der Waals surface area contributed by atoms with Crippen LogP contribution in [0.15, 0.2) is 36.4 Å². The Morgan fingerprint density at radius 3 is 2.95 bits per heavy atom. The fraction of sp³-hybridized carbons (Fsp3) is 0.200. The molecule has 2 aromatic carbocycles. The molecule has 0 bridgehead atoms. The van der Waals surface area contributed by atoms with Crippen LogP contribution in [0.1, 0.15) is 17.2 Å². The molecule has 2 aromatic rings. The predicted molar refractivity (Wildman–Crippen MR) is 74.4 cm³/mol. The van der Waals surface area contributed by atoms with E-state index in [4.69, 9.17) is 16.3 Å². The number of rotatable bonds is 1. The molecular formula is C15H13ClFNO. The Bertz CT molecular complexity index is 630. The highest BCUT2D eigenvalue weighted by Crippen LogP contribution is 2.37. The van der Waals surface area contributed by atoms with Crippen molar-refractivity contribution < 1.29 is 9.13 Å². The molecule has 0 saturated carbocycles. The van der Waals surface area contributed by atoms with Crippen LogP contribution in [-0.4, -0.2) is 6.54 Å². The van der Waals surface area contributed by atoms with Gasteiger partial charge in [-0.15, -0.1) is 0 Å². The summed E-state index contributed by atoms with van der Waals surface area (Å²) in [6, 6.07) is 10.3. The zero-order chi connectivity index (χ0) is 13.4. The summed E-state index contributed by atoms with van der Waals surface area (Å²) in [4.78, 5) is 0. The molecule has 3 rings (SSSR count).